The zero-order valence-corrected chi connectivity index (χ0v) is 16.6. The van der Waals surface area contributed by atoms with Crippen LogP contribution >= 0.6 is 0 Å². The highest BCUT2D eigenvalue weighted by Crippen LogP contribution is 2.24. The van der Waals surface area contributed by atoms with E-state index in [4.69, 9.17) is 0 Å². The normalized spacial score (nSPS) is 10.4. The molecular formula is C21H16O12. The average Bonchev–Trinajstić information content (AvgIpc) is 2.71. The Kier molecular flexibility index (Phi) is 7.13. The zero-order chi connectivity index (χ0) is 25.0. The number of carboxylic acid groups (broad SMARTS) is 6. The molecule has 12 nitrogen and oxygen atoms in total. The van der Waals surface area contributed by atoms with Crippen LogP contribution < -0.4 is 0 Å². The lowest BCUT2D eigenvalue weighted by Gasteiger charge is -2.13. The van der Waals surface area contributed by atoms with Crippen molar-refractivity contribution in [3.05, 3.63) is 68.8 Å². The standard InChI is InChI=1S/C21H16O12/c22-16(23)10-4-8(14(20(30)31)12(6-10)18(26)27)2-1-3-9-5-11(17(24)25)7-13(19(28)29)15(9)21(32)33/h4-7H,1-3H2,(H,22,23)(H,24,25)(H,26,27)(H,28,29)(H,30,31)(H,32,33). The van der Waals surface area contributed by atoms with Gasteiger partial charge in [0.2, 0.25) is 0 Å². The molecule has 2 aromatic rings. The third kappa shape index (κ3) is 5.31. The van der Waals surface area contributed by atoms with Crippen LogP contribution in [0.15, 0.2) is 24.3 Å². The maximum atomic E-state index is 11.6. The second kappa shape index (κ2) is 9.60. The summed E-state index contributed by atoms with van der Waals surface area (Å²) in [6, 6.07) is 3.37. The second-order valence-corrected chi connectivity index (χ2v) is 6.80. The van der Waals surface area contributed by atoms with Crippen LogP contribution in [0.1, 0.15) is 79.7 Å². The topological polar surface area (TPSA) is 224 Å². The van der Waals surface area contributed by atoms with Crippen molar-refractivity contribution in [2.75, 3.05) is 0 Å². The fourth-order valence-electron chi connectivity index (χ4n) is 3.36. The van der Waals surface area contributed by atoms with E-state index in [0.29, 0.717) is 12.1 Å². The van der Waals surface area contributed by atoms with Crippen molar-refractivity contribution < 1.29 is 59.4 Å². The Morgan fingerprint density at radius 3 is 1.06 bits per heavy atom. The fourth-order valence-corrected chi connectivity index (χ4v) is 3.36. The summed E-state index contributed by atoms with van der Waals surface area (Å²) in [5.41, 5.74) is -4.02. The summed E-state index contributed by atoms with van der Waals surface area (Å²) in [7, 11) is 0. The summed E-state index contributed by atoms with van der Waals surface area (Å²) in [5, 5.41) is 55.8. The number of hydrogen-bond acceptors (Lipinski definition) is 6. The molecular weight excluding hydrogens is 444 g/mol. The van der Waals surface area contributed by atoms with Gasteiger partial charge in [0, 0.05) is 0 Å². The number of aromatic carboxylic acids is 6. The van der Waals surface area contributed by atoms with Crippen molar-refractivity contribution in [2.45, 2.75) is 19.3 Å². The first kappa shape index (κ1) is 24.5. The molecule has 0 aliphatic carbocycles. The van der Waals surface area contributed by atoms with Gasteiger partial charge in [-0.1, -0.05) is 0 Å². The zero-order valence-electron chi connectivity index (χ0n) is 16.6. The number of carbonyl (C=O) groups is 6. The molecule has 0 aromatic heterocycles. The summed E-state index contributed by atoms with van der Waals surface area (Å²) in [5.74, 6) is -9.55. The molecule has 0 unspecified atom stereocenters. The minimum Gasteiger partial charge on any atom is -0.478 e. The number of benzene rings is 2. The Morgan fingerprint density at radius 2 is 0.818 bits per heavy atom. The molecule has 2 aromatic carbocycles. The van der Waals surface area contributed by atoms with Gasteiger partial charge in [0.1, 0.15) is 0 Å². The van der Waals surface area contributed by atoms with E-state index in [1.54, 1.807) is 0 Å². The van der Waals surface area contributed by atoms with Crippen molar-refractivity contribution in [2.24, 2.45) is 0 Å². The van der Waals surface area contributed by atoms with Gasteiger partial charge in [0.25, 0.3) is 0 Å². The van der Waals surface area contributed by atoms with E-state index >= 15 is 0 Å². The Balaban J connectivity index is 2.52. The first-order valence-corrected chi connectivity index (χ1v) is 9.08. The van der Waals surface area contributed by atoms with E-state index in [2.05, 4.69) is 0 Å². The average molecular weight is 460 g/mol. The molecule has 0 saturated carbocycles. The first-order valence-electron chi connectivity index (χ1n) is 9.08. The van der Waals surface area contributed by atoms with E-state index in [1.807, 2.05) is 0 Å². The largest absolute Gasteiger partial charge is 0.478 e. The molecule has 172 valence electrons. The van der Waals surface area contributed by atoms with Gasteiger partial charge in [0.15, 0.2) is 0 Å². The van der Waals surface area contributed by atoms with Crippen LogP contribution in [0.2, 0.25) is 0 Å². The van der Waals surface area contributed by atoms with Crippen LogP contribution in [0.4, 0.5) is 0 Å². The third-order valence-corrected chi connectivity index (χ3v) is 4.71. The molecule has 0 atom stereocenters. The molecule has 0 aliphatic heterocycles. The molecule has 12 heteroatoms. The lowest BCUT2D eigenvalue weighted by molar-refractivity contribution is 0.0647. The second-order valence-electron chi connectivity index (χ2n) is 6.80. The van der Waals surface area contributed by atoms with Crippen molar-refractivity contribution in [1.29, 1.82) is 0 Å². The smallest absolute Gasteiger partial charge is 0.336 e. The minimum atomic E-state index is -1.66. The highest BCUT2D eigenvalue weighted by Gasteiger charge is 2.25. The van der Waals surface area contributed by atoms with Gasteiger partial charge in [-0.25, -0.2) is 28.8 Å². The molecule has 0 aliphatic rings. The maximum absolute atomic E-state index is 11.6. The summed E-state index contributed by atoms with van der Waals surface area (Å²) in [4.78, 5) is 68.7. The summed E-state index contributed by atoms with van der Waals surface area (Å²) < 4.78 is 0. The monoisotopic (exact) mass is 460 g/mol. The predicted octanol–water partition coefficient (Wildman–Crippen LogP) is 2.05. The van der Waals surface area contributed by atoms with E-state index in [9.17, 15) is 59.4 Å². The maximum Gasteiger partial charge on any atom is 0.336 e. The highest BCUT2D eigenvalue weighted by atomic mass is 16.4. The molecule has 0 bridgehead atoms. The van der Waals surface area contributed by atoms with Gasteiger partial charge in [-0.05, 0) is 54.7 Å². The molecule has 33 heavy (non-hydrogen) atoms. The van der Waals surface area contributed by atoms with Gasteiger partial charge < -0.3 is 30.6 Å². The van der Waals surface area contributed by atoms with Crippen LogP contribution in [0.5, 0.6) is 0 Å². The molecule has 0 radical (unpaired) electrons. The van der Waals surface area contributed by atoms with Crippen LogP contribution in [0.25, 0.3) is 0 Å². The fraction of sp³-hybridized carbons (Fsp3) is 0.143. The van der Waals surface area contributed by atoms with Gasteiger partial charge in [-0.15, -0.1) is 0 Å². The molecule has 2 rings (SSSR count). The lowest BCUT2D eigenvalue weighted by atomic mass is 9.91. The summed E-state index contributed by atoms with van der Waals surface area (Å²) >= 11 is 0. The predicted molar refractivity (Wildman–Crippen MR) is 107 cm³/mol. The van der Waals surface area contributed by atoms with Crippen LogP contribution in [-0.4, -0.2) is 66.5 Å². The van der Waals surface area contributed by atoms with Gasteiger partial charge in [-0.2, -0.15) is 0 Å². The molecule has 0 spiro atoms. The van der Waals surface area contributed by atoms with E-state index < -0.39 is 69.2 Å². The Hall–Kier alpha value is -4.74. The molecule has 0 saturated heterocycles. The summed E-state index contributed by atoms with van der Waals surface area (Å²) in [6.07, 6.45) is -0.519. The summed E-state index contributed by atoms with van der Waals surface area (Å²) in [6.45, 7) is 0. The van der Waals surface area contributed by atoms with Gasteiger partial charge in [0.05, 0.1) is 33.4 Å². The minimum absolute atomic E-state index is 0.0785. The quantitative estimate of drug-likeness (QED) is 0.299. The third-order valence-electron chi connectivity index (χ3n) is 4.71. The number of carboxylic acids is 6. The van der Waals surface area contributed by atoms with Crippen molar-refractivity contribution in [1.82, 2.24) is 0 Å². The highest BCUT2D eigenvalue weighted by molar-refractivity contribution is 6.06. The lowest BCUT2D eigenvalue weighted by Crippen LogP contribution is -2.16. The van der Waals surface area contributed by atoms with E-state index in [1.165, 1.54) is 0 Å². The molecule has 6 N–H and O–H groups in total. The van der Waals surface area contributed by atoms with E-state index in [-0.39, 0.29) is 30.4 Å². The SMILES string of the molecule is O=C(O)c1cc(CCCc2cc(C(=O)O)cc(C(=O)O)c2C(=O)O)c(C(=O)O)c(C(=O)O)c1. The Bertz CT molecular complexity index is 1110. The number of rotatable bonds is 10. The molecule has 0 heterocycles. The van der Waals surface area contributed by atoms with Crippen molar-refractivity contribution >= 4 is 35.8 Å². The molecule has 0 fully saturated rings. The van der Waals surface area contributed by atoms with Crippen LogP contribution in [0, 0.1) is 0 Å². The first-order chi connectivity index (χ1) is 15.3. The number of hydrogen-bond donors (Lipinski definition) is 6. The van der Waals surface area contributed by atoms with E-state index in [0.717, 1.165) is 12.1 Å². The van der Waals surface area contributed by atoms with Gasteiger partial charge in [-0.3, -0.25) is 0 Å². The number of aryl methyl sites for hydroxylation is 2. The van der Waals surface area contributed by atoms with Crippen LogP contribution in [0.3, 0.4) is 0 Å². The van der Waals surface area contributed by atoms with Crippen LogP contribution in [-0.2, 0) is 12.8 Å². The molecule has 0 amide bonds. The Morgan fingerprint density at radius 1 is 0.485 bits per heavy atom. The Labute approximate surface area is 184 Å². The van der Waals surface area contributed by atoms with Crippen molar-refractivity contribution in [3.8, 4) is 0 Å². The van der Waals surface area contributed by atoms with Gasteiger partial charge >= 0.3 is 35.8 Å². The van der Waals surface area contributed by atoms with Crippen molar-refractivity contribution in [3.63, 3.8) is 0 Å².